The molecule has 0 aliphatic heterocycles. The van der Waals surface area contributed by atoms with Crippen LogP contribution in [-0.2, 0) is 25.6 Å². The van der Waals surface area contributed by atoms with Gasteiger partial charge >= 0.3 is 0 Å². The number of nitrogens with two attached hydrogens (primary N) is 3. The van der Waals surface area contributed by atoms with E-state index in [4.69, 9.17) is 17.2 Å². The number of nitrogens with one attached hydrogen (secondary N) is 2. The number of rotatable bonds is 31. The lowest BCUT2D eigenvalue weighted by Crippen LogP contribution is -2.54. The average molecular weight is 673 g/mol. The van der Waals surface area contributed by atoms with Gasteiger partial charge in [0.1, 0.15) is 6.04 Å². The van der Waals surface area contributed by atoms with E-state index in [1.165, 1.54) is 81.9 Å². The topological polar surface area (TPSA) is 174 Å². The van der Waals surface area contributed by atoms with E-state index in [0.717, 1.165) is 31.2 Å². The number of nitrogens with zero attached hydrogens (tertiary/aromatic N) is 1. The first kappa shape index (κ1) is 43.0. The Bertz CT molecular complexity index is 993. The van der Waals surface area contributed by atoms with E-state index >= 15 is 0 Å². The normalized spacial score (nSPS) is 12.3. The molecule has 0 spiro atoms. The van der Waals surface area contributed by atoms with Gasteiger partial charge in [0, 0.05) is 25.9 Å². The first-order valence-electron chi connectivity index (χ1n) is 18.9. The average Bonchev–Trinajstić information content (AvgIpc) is 3.06. The molecule has 0 bridgehead atoms. The van der Waals surface area contributed by atoms with E-state index in [9.17, 15) is 19.2 Å². The monoisotopic (exact) mass is 673 g/mol. The third-order valence-corrected chi connectivity index (χ3v) is 8.78. The maximum atomic E-state index is 13.6. The van der Waals surface area contributed by atoms with Crippen LogP contribution in [0.1, 0.15) is 141 Å². The fourth-order valence-corrected chi connectivity index (χ4v) is 6.04. The SMILES string of the molecule is CCCCCCCCCCCCCCCCCC(=O)N[C@@H](CCCCN)C(=O)N[C@@H](Cc1ccccc1)CN(CC(N)=O)C(=O)CCN. The highest BCUT2D eigenvalue weighted by atomic mass is 16.2. The number of benzene rings is 1. The molecular weight excluding hydrogens is 604 g/mol. The van der Waals surface area contributed by atoms with Gasteiger partial charge in [-0.25, -0.2) is 0 Å². The molecule has 8 N–H and O–H groups in total. The lowest BCUT2D eigenvalue weighted by molar-refractivity contribution is -0.136. The van der Waals surface area contributed by atoms with Crippen LogP contribution >= 0.6 is 0 Å². The third-order valence-electron chi connectivity index (χ3n) is 8.78. The minimum absolute atomic E-state index is 0.0658. The van der Waals surface area contributed by atoms with Crippen molar-refractivity contribution in [1.29, 1.82) is 0 Å². The van der Waals surface area contributed by atoms with Crippen molar-refractivity contribution in [2.24, 2.45) is 17.2 Å². The summed E-state index contributed by atoms with van der Waals surface area (Å²) in [6.45, 7) is 2.72. The second-order valence-corrected chi connectivity index (χ2v) is 13.3. The van der Waals surface area contributed by atoms with Crippen molar-refractivity contribution < 1.29 is 19.2 Å². The van der Waals surface area contributed by atoms with Crippen LogP contribution in [0.25, 0.3) is 0 Å². The Balaban J connectivity index is 2.59. The second kappa shape index (κ2) is 29.0. The van der Waals surface area contributed by atoms with Crippen LogP contribution in [0.5, 0.6) is 0 Å². The van der Waals surface area contributed by atoms with Crippen LogP contribution in [-0.4, -0.2) is 66.8 Å². The Morgan fingerprint density at radius 2 is 1.25 bits per heavy atom. The second-order valence-electron chi connectivity index (χ2n) is 13.3. The summed E-state index contributed by atoms with van der Waals surface area (Å²) in [5.74, 6) is -1.40. The fraction of sp³-hybridized carbons (Fsp3) is 0.737. The highest BCUT2D eigenvalue weighted by molar-refractivity contribution is 5.88. The predicted octanol–water partition coefficient (Wildman–Crippen LogP) is 5.25. The molecule has 0 aliphatic rings. The molecule has 10 heteroatoms. The zero-order chi connectivity index (χ0) is 35.2. The molecule has 274 valence electrons. The Hall–Kier alpha value is -2.98. The van der Waals surface area contributed by atoms with E-state index in [-0.39, 0.29) is 43.8 Å². The van der Waals surface area contributed by atoms with Crippen molar-refractivity contribution >= 4 is 23.6 Å². The van der Waals surface area contributed by atoms with Crippen LogP contribution in [0.15, 0.2) is 30.3 Å². The van der Waals surface area contributed by atoms with E-state index in [0.29, 0.717) is 32.2 Å². The molecule has 10 nitrogen and oxygen atoms in total. The van der Waals surface area contributed by atoms with Crippen molar-refractivity contribution in [3.8, 4) is 0 Å². The van der Waals surface area contributed by atoms with Crippen molar-refractivity contribution in [3.63, 3.8) is 0 Å². The summed E-state index contributed by atoms with van der Waals surface area (Å²) < 4.78 is 0. The number of carbonyl (C=O) groups excluding carboxylic acids is 4. The Labute approximate surface area is 291 Å². The highest BCUT2D eigenvalue weighted by Gasteiger charge is 2.26. The molecule has 2 atom stereocenters. The van der Waals surface area contributed by atoms with Gasteiger partial charge in [-0.3, -0.25) is 19.2 Å². The van der Waals surface area contributed by atoms with Gasteiger partial charge in [-0.1, -0.05) is 127 Å². The molecule has 0 aliphatic carbocycles. The third kappa shape index (κ3) is 22.6. The molecule has 0 saturated carbocycles. The molecule has 1 aromatic carbocycles. The number of hydrogen-bond acceptors (Lipinski definition) is 6. The van der Waals surface area contributed by atoms with Gasteiger partial charge in [0.15, 0.2) is 0 Å². The smallest absolute Gasteiger partial charge is 0.242 e. The summed E-state index contributed by atoms with van der Waals surface area (Å²) in [5.41, 5.74) is 17.7. The lowest BCUT2D eigenvalue weighted by atomic mass is 10.0. The van der Waals surface area contributed by atoms with Gasteiger partial charge in [-0.15, -0.1) is 0 Å². The minimum Gasteiger partial charge on any atom is -0.368 e. The van der Waals surface area contributed by atoms with E-state index in [2.05, 4.69) is 17.6 Å². The number of carbonyl (C=O) groups is 4. The zero-order valence-corrected chi connectivity index (χ0v) is 30.0. The summed E-state index contributed by atoms with van der Waals surface area (Å²) in [6.07, 6.45) is 21.7. The molecule has 0 fully saturated rings. The van der Waals surface area contributed by atoms with E-state index < -0.39 is 18.0 Å². The molecule has 1 rings (SSSR count). The van der Waals surface area contributed by atoms with Gasteiger partial charge < -0.3 is 32.7 Å². The Kier molecular flexibility index (Phi) is 26.0. The first-order chi connectivity index (χ1) is 23.3. The van der Waals surface area contributed by atoms with Gasteiger partial charge in [0.2, 0.25) is 23.6 Å². The molecule has 0 aromatic heterocycles. The van der Waals surface area contributed by atoms with Crippen molar-refractivity contribution in [2.45, 2.75) is 154 Å². The Morgan fingerprint density at radius 1 is 0.688 bits per heavy atom. The number of amides is 4. The number of primary amides is 1. The lowest BCUT2D eigenvalue weighted by Gasteiger charge is -2.29. The predicted molar refractivity (Wildman–Crippen MR) is 196 cm³/mol. The van der Waals surface area contributed by atoms with Crippen LogP contribution in [0, 0.1) is 0 Å². The largest absolute Gasteiger partial charge is 0.368 e. The van der Waals surface area contributed by atoms with E-state index in [1.807, 2.05) is 30.3 Å². The van der Waals surface area contributed by atoms with Crippen LogP contribution in [0.4, 0.5) is 0 Å². The molecule has 0 radical (unpaired) electrons. The molecular formula is C38H68N6O4. The summed E-state index contributed by atoms with van der Waals surface area (Å²) in [6, 6.07) is 8.37. The summed E-state index contributed by atoms with van der Waals surface area (Å²) in [4.78, 5) is 52.4. The van der Waals surface area contributed by atoms with Crippen molar-refractivity contribution in [1.82, 2.24) is 15.5 Å². The van der Waals surface area contributed by atoms with E-state index in [1.54, 1.807) is 0 Å². The number of hydrogen-bond donors (Lipinski definition) is 5. The fourth-order valence-electron chi connectivity index (χ4n) is 6.04. The van der Waals surface area contributed by atoms with Gasteiger partial charge in [0.25, 0.3) is 0 Å². The molecule has 0 heterocycles. The molecule has 0 saturated heterocycles. The zero-order valence-electron chi connectivity index (χ0n) is 30.0. The summed E-state index contributed by atoms with van der Waals surface area (Å²) >= 11 is 0. The Morgan fingerprint density at radius 3 is 1.77 bits per heavy atom. The highest BCUT2D eigenvalue weighted by Crippen LogP contribution is 2.14. The molecule has 48 heavy (non-hydrogen) atoms. The molecule has 4 amide bonds. The summed E-state index contributed by atoms with van der Waals surface area (Å²) in [5, 5.41) is 6.02. The molecule has 0 unspecified atom stereocenters. The first-order valence-corrected chi connectivity index (χ1v) is 18.9. The standard InChI is InChI=1S/C38H68N6O4/c1-2-3-4-5-6-7-8-9-10-11-12-13-14-15-19-25-36(46)43-34(24-20-21-27-39)38(48)42-33(29-32-22-17-16-18-23-32)30-44(31-35(41)45)37(47)26-28-40/h16-18,22-23,33-34H,2-15,19-21,24-31,39-40H2,1H3,(H2,41,45)(H,42,48)(H,43,46)/t33-,34-/m0/s1. The van der Waals surface area contributed by atoms with Gasteiger partial charge in [-0.05, 0) is 44.2 Å². The van der Waals surface area contributed by atoms with Crippen LogP contribution in [0.2, 0.25) is 0 Å². The van der Waals surface area contributed by atoms with Crippen molar-refractivity contribution in [3.05, 3.63) is 35.9 Å². The summed E-state index contributed by atoms with van der Waals surface area (Å²) in [7, 11) is 0. The quantitative estimate of drug-likeness (QED) is 0.0674. The van der Waals surface area contributed by atoms with Crippen LogP contribution in [0.3, 0.4) is 0 Å². The maximum absolute atomic E-state index is 13.6. The van der Waals surface area contributed by atoms with Crippen LogP contribution < -0.4 is 27.8 Å². The van der Waals surface area contributed by atoms with Gasteiger partial charge in [-0.2, -0.15) is 0 Å². The van der Waals surface area contributed by atoms with Crippen molar-refractivity contribution in [2.75, 3.05) is 26.2 Å². The van der Waals surface area contributed by atoms with Gasteiger partial charge in [0.05, 0.1) is 12.6 Å². The minimum atomic E-state index is -0.719. The molecule has 1 aromatic rings. The maximum Gasteiger partial charge on any atom is 0.242 e. The number of unbranched alkanes of at least 4 members (excludes halogenated alkanes) is 15.